The first-order valence-electron chi connectivity index (χ1n) is 5.37. The van der Waals surface area contributed by atoms with E-state index >= 15 is 0 Å². The summed E-state index contributed by atoms with van der Waals surface area (Å²) in [6, 6.07) is 8.57. The van der Waals surface area contributed by atoms with Gasteiger partial charge in [0.15, 0.2) is 0 Å². The molecule has 0 unspecified atom stereocenters. The molecule has 1 aromatic carbocycles. The Balaban J connectivity index is 2.39. The zero-order chi connectivity index (χ0) is 14.0. The number of thiophene rings is 1. The normalized spacial score (nSPS) is 12.4. The highest BCUT2D eigenvalue weighted by Crippen LogP contribution is 2.44. The van der Waals surface area contributed by atoms with E-state index in [9.17, 15) is 15.2 Å². The van der Waals surface area contributed by atoms with Crippen molar-refractivity contribution in [3.05, 3.63) is 50.3 Å². The van der Waals surface area contributed by atoms with E-state index in [2.05, 4.69) is 0 Å². The van der Waals surface area contributed by atoms with Gasteiger partial charge < -0.3 is 5.11 Å². The second kappa shape index (κ2) is 5.92. The lowest BCUT2D eigenvalue weighted by Gasteiger charge is -2.01. The van der Waals surface area contributed by atoms with Gasteiger partial charge in [0, 0.05) is 15.8 Å². The third kappa shape index (κ3) is 3.27. The van der Waals surface area contributed by atoms with Crippen molar-refractivity contribution in [3.8, 4) is 0 Å². The highest BCUT2D eigenvalue weighted by Gasteiger charge is 2.22. The molecule has 0 bridgehead atoms. The van der Waals surface area contributed by atoms with Crippen LogP contribution in [0.5, 0.6) is 0 Å². The van der Waals surface area contributed by atoms with Crippen LogP contribution in [0.1, 0.15) is 17.9 Å². The molecule has 4 nitrogen and oxygen atoms in total. The summed E-state index contributed by atoms with van der Waals surface area (Å²) in [5, 5.41) is 21.1. The first-order chi connectivity index (χ1) is 8.99. The molecule has 0 aliphatic carbocycles. The predicted octanol–water partition coefficient (Wildman–Crippen LogP) is 4.51. The topological polar surface area (TPSA) is 63.4 Å². The van der Waals surface area contributed by atoms with Crippen LogP contribution in [-0.2, 0) is 0 Å². The average Bonchev–Trinajstić information content (AvgIpc) is 2.76. The van der Waals surface area contributed by atoms with Crippen LogP contribution in [0, 0.1) is 10.1 Å². The minimum absolute atomic E-state index is 0.00539. The van der Waals surface area contributed by atoms with Crippen molar-refractivity contribution in [2.75, 3.05) is 0 Å². The van der Waals surface area contributed by atoms with Crippen molar-refractivity contribution in [2.45, 2.75) is 22.1 Å². The largest absolute Gasteiger partial charge is 0.388 e. The second-order valence-corrected chi connectivity index (χ2v) is 6.59. The van der Waals surface area contributed by atoms with Crippen LogP contribution in [0.15, 0.2) is 39.4 Å². The third-order valence-corrected chi connectivity index (χ3v) is 5.35. The summed E-state index contributed by atoms with van der Waals surface area (Å²) in [5.41, 5.74) is 0.00539. The van der Waals surface area contributed by atoms with E-state index in [0.29, 0.717) is 14.1 Å². The highest BCUT2D eigenvalue weighted by atomic mass is 35.5. The fourth-order valence-corrected chi connectivity index (χ4v) is 3.94. The van der Waals surface area contributed by atoms with E-state index in [4.69, 9.17) is 11.6 Å². The Morgan fingerprint density at radius 3 is 2.74 bits per heavy atom. The minimum atomic E-state index is -0.718. The third-order valence-electron chi connectivity index (χ3n) is 2.35. The van der Waals surface area contributed by atoms with Gasteiger partial charge in [-0.15, -0.1) is 11.3 Å². The maximum atomic E-state index is 11.0. The molecule has 0 saturated carbocycles. The molecule has 0 aliphatic heterocycles. The van der Waals surface area contributed by atoms with Crippen LogP contribution < -0.4 is 0 Å². The molecule has 7 heteroatoms. The van der Waals surface area contributed by atoms with Crippen molar-refractivity contribution in [1.29, 1.82) is 0 Å². The van der Waals surface area contributed by atoms with E-state index in [1.807, 2.05) is 6.07 Å². The lowest BCUT2D eigenvalue weighted by Crippen LogP contribution is -1.87. The second-order valence-electron chi connectivity index (χ2n) is 3.79. The zero-order valence-corrected chi connectivity index (χ0v) is 12.3. The number of nitro groups is 1. The molecule has 1 atom stereocenters. The summed E-state index contributed by atoms with van der Waals surface area (Å²) in [6.07, 6.45) is -0.718. The predicted molar refractivity (Wildman–Crippen MR) is 77.2 cm³/mol. The van der Waals surface area contributed by atoms with Gasteiger partial charge in [0.25, 0.3) is 5.69 Å². The number of hydrogen-bond acceptors (Lipinski definition) is 5. The van der Waals surface area contributed by atoms with Gasteiger partial charge in [-0.25, -0.2) is 0 Å². The number of hydrogen-bond donors (Lipinski definition) is 1. The first-order valence-corrected chi connectivity index (χ1v) is 7.38. The first kappa shape index (κ1) is 14.3. The Hall–Kier alpha value is -1.08. The van der Waals surface area contributed by atoms with Gasteiger partial charge in [0.05, 0.1) is 16.0 Å². The summed E-state index contributed by atoms with van der Waals surface area (Å²) < 4.78 is 0.522. The van der Waals surface area contributed by atoms with Gasteiger partial charge >= 0.3 is 0 Å². The van der Waals surface area contributed by atoms with Gasteiger partial charge in [-0.3, -0.25) is 10.1 Å². The molecule has 19 heavy (non-hydrogen) atoms. The number of benzene rings is 1. The Bertz CT molecular complexity index is 613. The van der Waals surface area contributed by atoms with Crippen LogP contribution in [0.3, 0.4) is 0 Å². The molecule has 1 aromatic heterocycles. The van der Waals surface area contributed by atoms with Crippen molar-refractivity contribution in [3.63, 3.8) is 0 Å². The Kier molecular flexibility index (Phi) is 4.46. The van der Waals surface area contributed by atoms with Gasteiger partial charge in [-0.05, 0) is 19.1 Å². The van der Waals surface area contributed by atoms with E-state index in [1.54, 1.807) is 25.1 Å². The number of rotatable bonds is 4. The average molecular weight is 316 g/mol. The standard InChI is InChI=1S/C12H10ClNO3S2/c1-7(15)11-6-9(14(16)17)12(19-11)18-10-5-3-2-4-8(10)13/h2-7,15H,1H3/t7-/m0/s1. The van der Waals surface area contributed by atoms with Crippen LogP contribution in [0.25, 0.3) is 0 Å². The fraction of sp³-hybridized carbons (Fsp3) is 0.167. The van der Waals surface area contributed by atoms with Crippen molar-refractivity contribution >= 4 is 40.4 Å². The minimum Gasteiger partial charge on any atom is -0.388 e. The molecule has 0 amide bonds. The molecule has 2 aromatic rings. The molecule has 1 heterocycles. The smallest absolute Gasteiger partial charge is 0.294 e. The molecule has 100 valence electrons. The lowest BCUT2D eigenvalue weighted by atomic mass is 10.3. The fourth-order valence-electron chi connectivity index (χ4n) is 1.42. The summed E-state index contributed by atoms with van der Waals surface area (Å²) in [5.74, 6) is 0. The molecule has 0 radical (unpaired) electrons. The molecular weight excluding hydrogens is 306 g/mol. The van der Waals surface area contributed by atoms with E-state index in [-0.39, 0.29) is 5.69 Å². The van der Waals surface area contributed by atoms with Crippen LogP contribution in [-0.4, -0.2) is 10.0 Å². The number of aliphatic hydroxyl groups excluding tert-OH is 1. The summed E-state index contributed by atoms with van der Waals surface area (Å²) >= 11 is 8.49. The lowest BCUT2D eigenvalue weighted by molar-refractivity contribution is -0.387. The van der Waals surface area contributed by atoms with E-state index < -0.39 is 11.0 Å². The Morgan fingerprint density at radius 2 is 2.16 bits per heavy atom. The molecule has 1 N–H and O–H groups in total. The Labute approximate surface area is 123 Å². The number of halogens is 1. The SMILES string of the molecule is C[C@H](O)c1cc([N+](=O)[O-])c(Sc2ccccc2Cl)s1. The highest BCUT2D eigenvalue weighted by molar-refractivity contribution is 8.01. The molecule has 0 spiro atoms. The van der Waals surface area contributed by atoms with Gasteiger partial charge in [0.2, 0.25) is 0 Å². The van der Waals surface area contributed by atoms with Gasteiger partial charge in [0.1, 0.15) is 4.21 Å². The Morgan fingerprint density at radius 1 is 1.47 bits per heavy atom. The van der Waals surface area contributed by atoms with Crippen molar-refractivity contribution in [1.82, 2.24) is 0 Å². The maximum absolute atomic E-state index is 11.0. The summed E-state index contributed by atoms with van der Waals surface area (Å²) in [6.45, 7) is 1.58. The van der Waals surface area contributed by atoms with E-state index in [0.717, 1.165) is 4.90 Å². The molecule has 0 aliphatic rings. The van der Waals surface area contributed by atoms with Crippen LogP contribution >= 0.6 is 34.7 Å². The summed E-state index contributed by atoms with van der Waals surface area (Å²) in [4.78, 5) is 11.9. The van der Waals surface area contributed by atoms with Crippen molar-refractivity contribution in [2.24, 2.45) is 0 Å². The zero-order valence-electron chi connectivity index (χ0n) is 9.87. The number of nitrogens with zero attached hydrogens (tertiary/aromatic N) is 1. The maximum Gasteiger partial charge on any atom is 0.294 e. The van der Waals surface area contributed by atoms with Crippen molar-refractivity contribution < 1.29 is 10.0 Å². The molecular formula is C12H10ClNO3S2. The molecule has 2 rings (SSSR count). The summed E-state index contributed by atoms with van der Waals surface area (Å²) in [7, 11) is 0. The van der Waals surface area contributed by atoms with Crippen LogP contribution in [0.2, 0.25) is 5.02 Å². The number of aliphatic hydroxyl groups is 1. The van der Waals surface area contributed by atoms with Gasteiger partial charge in [-0.1, -0.05) is 35.5 Å². The monoisotopic (exact) mass is 315 g/mol. The van der Waals surface area contributed by atoms with Crippen LogP contribution in [0.4, 0.5) is 5.69 Å². The van der Waals surface area contributed by atoms with E-state index in [1.165, 1.54) is 29.2 Å². The van der Waals surface area contributed by atoms with Gasteiger partial charge in [-0.2, -0.15) is 0 Å². The molecule has 0 fully saturated rings. The quantitative estimate of drug-likeness (QED) is 0.665. The molecule has 0 saturated heterocycles.